The first kappa shape index (κ1) is 22.9. The van der Waals surface area contributed by atoms with Gasteiger partial charge >= 0.3 is 18.9 Å². The number of nitrogens with zero attached hydrogens (tertiary/aromatic N) is 1. The minimum absolute atomic E-state index is 0. The van der Waals surface area contributed by atoms with E-state index >= 15 is 0 Å². The molecule has 1 atom stereocenters. The van der Waals surface area contributed by atoms with Gasteiger partial charge in [-0.2, -0.15) is 0 Å². The summed E-state index contributed by atoms with van der Waals surface area (Å²) in [5.41, 5.74) is -0.425. The van der Waals surface area contributed by atoms with Crippen molar-refractivity contribution in [3.8, 4) is 0 Å². The number of ether oxygens (including phenoxy) is 1. The Bertz CT molecular complexity index is 347. The second-order valence-electron chi connectivity index (χ2n) is 8.22. The predicted molar refractivity (Wildman–Crippen MR) is 91.4 cm³/mol. The summed E-state index contributed by atoms with van der Waals surface area (Å²) in [4.78, 5) is 2.47. The Hall–Kier alpha value is -0.103. The quantitative estimate of drug-likeness (QED) is 0.543. The molecule has 0 spiro atoms. The number of hydrogen-bond acceptors (Lipinski definition) is 3. The molecule has 1 fully saturated rings. The molecule has 0 aromatic rings. The summed E-state index contributed by atoms with van der Waals surface area (Å²) in [6.07, 6.45) is 8.20. The molecular formula is C19H36LiNO2. The van der Waals surface area contributed by atoms with Crippen LogP contribution < -0.4 is 24.0 Å². The van der Waals surface area contributed by atoms with Crippen LogP contribution in [0.25, 0.3) is 0 Å². The second-order valence-corrected chi connectivity index (χ2v) is 8.22. The summed E-state index contributed by atoms with van der Waals surface area (Å²) in [6.45, 7) is 14.7. The van der Waals surface area contributed by atoms with E-state index in [1.165, 1.54) is 32.1 Å². The van der Waals surface area contributed by atoms with Crippen LogP contribution in [0.3, 0.4) is 0 Å². The maximum Gasteiger partial charge on any atom is 1.00 e. The van der Waals surface area contributed by atoms with E-state index in [-0.39, 0.29) is 30.8 Å². The molecule has 0 aromatic carbocycles. The van der Waals surface area contributed by atoms with Crippen LogP contribution in [-0.2, 0) is 4.74 Å². The molecule has 23 heavy (non-hydrogen) atoms. The van der Waals surface area contributed by atoms with Crippen molar-refractivity contribution in [1.29, 1.82) is 0 Å². The average Bonchev–Trinajstić information content (AvgIpc) is 2.35. The second kappa shape index (κ2) is 10.0. The fourth-order valence-corrected chi connectivity index (χ4v) is 3.70. The SMILES string of the molecule is CC(C)N(C(C)C)C(/C=C(\[O-])OC(C)(C)C)C1CCCCC1.[Li+]. The topological polar surface area (TPSA) is 35.5 Å². The molecule has 1 rings (SSSR count). The molecular weight excluding hydrogens is 281 g/mol. The molecule has 0 amide bonds. The summed E-state index contributed by atoms with van der Waals surface area (Å²) in [7, 11) is 0. The number of rotatable bonds is 6. The van der Waals surface area contributed by atoms with Gasteiger partial charge in [0.05, 0.1) is 0 Å². The molecule has 4 heteroatoms. The minimum Gasteiger partial charge on any atom is -0.608 e. The fraction of sp³-hybridized carbons (Fsp3) is 0.895. The van der Waals surface area contributed by atoms with E-state index in [2.05, 4.69) is 32.6 Å². The van der Waals surface area contributed by atoms with Crippen LogP contribution in [0.4, 0.5) is 0 Å². The van der Waals surface area contributed by atoms with Crippen LogP contribution in [0, 0.1) is 5.92 Å². The van der Waals surface area contributed by atoms with Crippen molar-refractivity contribution in [3.05, 3.63) is 12.0 Å². The summed E-state index contributed by atoms with van der Waals surface area (Å²) >= 11 is 0. The van der Waals surface area contributed by atoms with Crippen LogP contribution in [-0.4, -0.2) is 28.6 Å². The zero-order valence-corrected chi connectivity index (χ0v) is 16.7. The van der Waals surface area contributed by atoms with Gasteiger partial charge in [0.25, 0.3) is 0 Å². The molecule has 1 aliphatic carbocycles. The maximum atomic E-state index is 12.4. The zero-order valence-electron chi connectivity index (χ0n) is 16.7. The molecule has 0 aromatic heterocycles. The Morgan fingerprint density at radius 3 is 1.91 bits per heavy atom. The standard InChI is InChI=1S/C19H37NO2.Li/c1-14(2)20(15(3)4)17(16-11-9-8-10-12-16)13-18(21)22-19(5,6)7;/h13-17,21H,8-12H2,1-7H3;/q;+1/p-1/b18-13+;. The normalized spacial score (nSPS) is 19.1. The number of hydrogen-bond donors (Lipinski definition) is 0. The van der Waals surface area contributed by atoms with Crippen LogP contribution in [0.5, 0.6) is 0 Å². The first-order chi connectivity index (χ1) is 10.1. The van der Waals surface area contributed by atoms with Crippen molar-refractivity contribution in [3.63, 3.8) is 0 Å². The van der Waals surface area contributed by atoms with Gasteiger partial charge < -0.3 is 9.84 Å². The zero-order chi connectivity index (χ0) is 16.9. The summed E-state index contributed by atoms with van der Waals surface area (Å²) in [5, 5.41) is 12.4. The van der Waals surface area contributed by atoms with Crippen molar-refractivity contribution in [2.24, 2.45) is 5.92 Å². The van der Waals surface area contributed by atoms with Crippen molar-refractivity contribution in [1.82, 2.24) is 4.90 Å². The fourth-order valence-electron chi connectivity index (χ4n) is 3.70. The van der Waals surface area contributed by atoms with Gasteiger partial charge in [0, 0.05) is 29.7 Å². The minimum atomic E-state index is -0.425. The van der Waals surface area contributed by atoms with E-state index in [1.54, 1.807) is 0 Å². The van der Waals surface area contributed by atoms with Crippen molar-refractivity contribution < 1.29 is 28.7 Å². The molecule has 1 aliphatic rings. The van der Waals surface area contributed by atoms with Crippen LogP contribution in [0.2, 0.25) is 0 Å². The third kappa shape index (κ3) is 8.01. The van der Waals surface area contributed by atoms with Crippen LogP contribution in [0.1, 0.15) is 80.6 Å². The van der Waals surface area contributed by atoms with E-state index in [9.17, 15) is 5.11 Å². The largest absolute Gasteiger partial charge is 1.00 e. The van der Waals surface area contributed by atoms with Crippen molar-refractivity contribution in [2.45, 2.75) is 104 Å². The van der Waals surface area contributed by atoms with Gasteiger partial charge in [0.2, 0.25) is 0 Å². The van der Waals surface area contributed by atoms with Gasteiger partial charge in [-0.3, -0.25) is 4.90 Å². The molecule has 0 bridgehead atoms. The van der Waals surface area contributed by atoms with Gasteiger partial charge in [-0.1, -0.05) is 40.0 Å². The van der Waals surface area contributed by atoms with Crippen LogP contribution in [0.15, 0.2) is 12.0 Å². The van der Waals surface area contributed by atoms with Gasteiger partial charge in [-0.05, 0) is 52.5 Å². The Kier molecular flexibility index (Phi) is 9.97. The Balaban J connectivity index is 0.00000484. The van der Waals surface area contributed by atoms with Crippen LogP contribution >= 0.6 is 0 Å². The van der Waals surface area contributed by atoms with Gasteiger partial charge in [0.1, 0.15) is 0 Å². The van der Waals surface area contributed by atoms with E-state index < -0.39 is 5.60 Å². The summed E-state index contributed by atoms with van der Waals surface area (Å²) in [6, 6.07) is 1.03. The smallest absolute Gasteiger partial charge is 0.608 e. The molecule has 0 aliphatic heterocycles. The van der Waals surface area contributed by atoms with Crippen molar-refractivity contribution >= 4 is 0 Å². The van der Waals surface area contributed by atoms with Gasteiger partial charge in [-0.25, -0.2) is 0 Å². The Labute approximate surface area is 156 Å². The summed E-state index contributed by atoms with van der Waals surface area (Å²) < 4.78 is 5.55. The van der Waals surface area contributed by atoms with E-state index in [0.717, 1.165) is 0 Å². The van der Waals surface area contributed by atoms with Gasteiger partial charge in [0.15, 0.2) is 0 Å². The first-order valence-electron chi connectivity index (χ1n) is 8.97. The molecule has 0 N–H and O–H groups in total. The monoisotopic (exact) mass is 317 g/mol. The molecule has 130 valence electrons. The molecule has 1 saturated carbocycles. The molecule has 0 radical (unpaired) electrons. The molecule has 3 nitrogen and oxygen atoms in total. The third-order valence-corrected chi connectivity index (χ3v) is 4.38. The molecule has 1 unspecified atom stereocenters. The first-order valence-corrected chi connectivity index (χ1v) is 8.97. The molecule has 0 saturated heterocycles. The van der Waals surface area contributed by atoms with Gasteiger partial charge in [-0.15, -0.1) is 0 Å². The third-order valence-electron chi connectivity index (χ3n) is 4.38. The molecule has 0 heterocycles. The average molecular weight is 317 g/mol. The predicted octanol–water partition coefficient (Wildman–Crippen LogP) is 1.07. The summed E-state index contributed by atoms with van der Waals surface area (Å²) in [5.74, 6) is 0.403. The Morgan fingerprint density at radius 2 is 1.52 bits per heavy atom. The van der Waals surface area contributed by atoms with E-state index in [0.29, 0.717) is 18.0 Å². The van der Waals surface area contributed by atoms with E-state index in [1.807, 2.05) is 26.8 Å². The van der Waals surface area contributed by atoms with E-state index in [4.69, 9.17) is 4.74 Å². The van der Waals surface area contributed by atoms with Crippen molar-refractivity contribution in [2.75, 3.05) is 0 Å². The Morgan fingerprint density at radius 1 is 1.04 bits per heavy atom. The maximum absolute atomic E-state index is 12.4.